The zero-order valence-corrected chi connectivity index (χ0v) is 17.4. The van der Waals surface area contributed by atoms with Crippen LogP contribution in [0, 0.1) is 0 Å². The summed E-state index contributed by atoms with van der Waals surface area (Å²) in [7, 11) is 0. The number of carboxylic acid groups (broad SMARTS) is 1. The van der Waals surface area contributed by atoms with Crippen molar-refractivity contribution in [2.75, 3.05) is 13.2 Å². The molecule has 174 valence electrons. The summed E-state index contributed by atoms with van der Waals surface area (Å²) >= 11 is 0. The Balaban J connectivity index is 1.92. The molecule has 0 aliphatic heterocycles. The van der Waals surface area contributed by atoms with Crippen LogP contribution in [0.5, 0.6) is 0 Å². The highest BCUT2D eigenvalue weighted by Crippen LogP contribution is 2.19. The molecule has 9 N–H and O–H groups in total. The third-order valence-corrected chi connectivity index (χ3v) is 4.79. The lowest BCUT2D eigenvalue weighted by molar-refractivity contribution is -0.141. The molecule has 4 atom stereocenters. The number of nitrogens with two attached hydrogens (primary N) is 1. The summed E-state index contributed by atoms with van der Waals surface area (Å²) in [6.07, 6.45) is 0.514. The van der Waals surface area contributed by atoms with E-state index in [4.69, 9.17) is 5.73 Å². The van der Waals surface area contributed by atoms with Gasteiger partial charge in [-0.1, -0.05) is 18.2 Å². The van der Waals surface area contributed by atoms with Crippen LogP contribution in [0.3, 0.4) is 0 Å². The number of aromatic amines is 1. The lowest BCUT2D eigenvalue weighted by Crippen LogP contribution is -2.56. The first-order valence-electron chi connectivity index (χ1n) is 9.83. The summed E-state index contributed by atoms with van der Waals surface area (Å²) in [4.78, 5) is 50.8. The van der Waals surface area contributed by atoms with Gasteiger partial charge in [-0.25, -0.2) is 4.79 Å². The van der Waals surface area contributed by atoms with Crippen LogP contribution in [0.15, 0.2) is 30.5 Å². The minimum Gasteiger partial charge on any atom is -0.480 e. The Hall–Kier alpha value is -3.48. The van der Waals surface area contributed by atoms with Crippen LogP contribution in [0.2, 0.25) is 0 Å². The summed E-state index contributed by atoms with van der Waals surface area (Å²) in [6.45, 7) is -0.0624. The number of aliphatic carboxylic acids is 1. The van der Waals surface area contributed by atoms with Gasteiger partial charge < -0.3 is 42.0 Å². The molecule has 0 saturated carbocycles. The number of nitrogens with one attached hydrogen (secondary N) is 4. The van der Waals surface area contributed by atoms with Crippen molar-refractivity contribution in [1.29, 1.82) is 0 Å². The van der Waals surface area contributed by atoms with Gasteiger partial charge in [0, 0.05) is 23.5 Å². The van der Waals surface area contributed by atoms with Crippen molar-refractivity contribution in [3.8, 4) is 0 Å². The lowest BCUT2D eigenvalue weighted by atomic mass is 10.0. The fraction of sp³-hybridized carbons (Fsp3) is 0.400. The van der Waals surface area contributed by atoms with Gasteiger partial charge in [-0.05, 0) is 18.6 Å². The summed E-state index contributed by atoms with van der Waals surface area (Å²) in [5.41, 5.74) is 7.00. The molecular weight excluding hydrogens is 422 g/mol. The van der Waals surface area contributed by atoms with E-state index in [1.165, 1.54) is 6.92 Å². The Morgan fingerprint density at radius 2 is 1.78 bits per heavy atom. The number of carboxylic acids is 1. The van der Waals surface area contributed by atoms with Crippen molar-refractivity contribution in [3.63, 3.8) is 0 Å². The molecule has 2 aromatic rings. The first-order chi connectivity index (χ1) is 15.1. The number of para-hydroxylation sites is 1. The highest BCUT2D eigenvalue weighted by atomic mass is 16.4. The summed E-state index contributed by atoms with van der Waals surface area (Å²) in [6, 6.07) is 3.37. The van der Waals surface area contributed by atoms with Crippen LogP contribution in [0.4, 0.5) is 0 Å². The molecule has 1 heterocycles. The smallest absolute Gasteiger partial charge is 0.326 e. The number of rotatable bonds is 11. The molecule has 2 rings (SSSR count). The van der Waals surface area contributed by atoms with Crippen molar-refractivity contribution >= 4 is 34.6 Å². The zero-order valence-electron chi connectivity index (χ0n) is 17.4. The molecule has 0 spiro atoms. The quantitative estimate of drug-likeness (QED) is 0.185. The first kappa shape index (κ1) is 24.8. The summed E-state index contributed by atoms with van der Waals surface area (Å²) < 4.78 is 0. The molecular formula is C20H27N5O7. The number of fused-ring (bicyclic) bond motifs is 1. The number of aliphatic hydroxyl groups is 2. The average molecular weight is 449 g/mol. The maximum absolute atomic E-state index is 12.2. The minimum absolute atomic E-state index is 0.0194. The van der Waals surface area contributed by atoms with Crippen molar-refractivity contribution in [1.82, 2.24) is 20.9 Å². The molecule has 12 nitrogen and oxygen atoms in total. The SMILES string of the molecule is CC(O)C(N)C(=O)NC(CO)C(=O)NCC(=O)NC(Cc1c[nH]c2ccccc12)C(=O)O. The van der Waals surface area contributed by atoms with E-state index in [1.807, 2.05) is 24.3 Å². The van der Waals surface area contributed by atoms with Crippen LogP contribution in [0.25, 0.3) is 10.9 Å². The van der Waals surface area contributed by atoms with Crippen molar-refractivity contribution in [3.05, 3.63) is 36.0 Å². The van der Waals surface area contributed by atoms with Crippen molar-refractivity contribution < 1.29 is 34.5 Å². The summed E-state index contributed by atoms with van der Waals surface area (Å²) in [5, 5.41) is 35.6. The van der Waals surface area contributed by atoms with E-state index in [1.54, 1.807) is 6.20 Å². The van der Waals surface area contributed by atoms with Gasteiger partial charge in [0.05, 0.1) is 19.3 Å². The van der Waals surface area contributed by atoms with Crippen LogP contribution in [-0.4, -0.2) is 81.4 Å². The van der Waals surface area contributed by atoms with Crippen LogP contribution >= 0.6 is 0 Å². The van der Waals surface area contributed by atoms with Crippen molar-refractivity contribution in [2.24, 2.45) is 5.73 Å². The Labute approximate surface area is 183 Å². The number of H-pyrrole nitrogens is 1. The maximum Gasteiger partial charge on any atom is 0.326 e. The van der Waals surface area contributed by atoms with E-state index in [0.717, 1.165) is 10.9 Å². The number of aliphatic hydroxyl groups excluding tert-OH is 2. The van der Waals surface area contributed by atoms with E-state index in [2.05, 4.69) is 20.9 Å². The monoisotopic (exact) mass is 449 g/mol. The fourth-order valence-corrected chi connectivity index (χ4v) is 2.94. The maximum atomic E-state index is 12.2. The van der Waals surface area contributed by atoms with E-state index in [-0.39, 0.29) is 6.42 Å². The van der Waals surface area contributed by atoms with Gasteiger partial charge in [0.25, 0.3) is 0 Å². The number of hydrogen-bond donors (Lipinski definition) is 8. The molecule has 4 unspecified atom stereocenters. The first-order valence-corrected chi connectivity index (χ1v) is 9.83. The highest BCUT2D eigenvalue weighted by Gasteiger charge is 2.26. The molecule has 32 heavy (non-hydrogen) atoms. The normalized spacial score (nSPS) is 14.8. The lowest BCUT2D eigenvalue weighted by Gasteiger charge is -2.20. The third-order valence-electron chi connectivity index (χ3n) is 4.79. The number of hydrogen-bond acceptors (Lipinski definition) is 7. The molecule has 0 aliphatic carbocycles. The highest BCUT2D eigenvalue weighted by molar-refractivity contribution is 5.93. The molecule has 1 aromatic heterocycles. The Bertz CT molecular complexity index is 974. The van der Waals surface area contributed by atoms with Gasteiger partial charge in [-0.15, -0.1) is 0 Å². The second kappa shape index (κ2) is 11.2. The second-order valence-electron chi connectivity index (χ2n) is 7.25. The molecule has 1 aromatic carbocycles. The predicted molar refractivity (Wildman–Crippen MR) is 113 cm³/mol. The fourth-order valence-electron chi connectivity index (χ4n) is 2.94. The number of benzene rings is 1. The zero-order chi connectivity index (χ0) is 23.8. The Morgan fingerprint density at radius 3 is 2.41 bits per heavy atom. The summed E-state index contributed by atoms with van der Waals surface area (Å²) in [5.74, 6) is -3.75. The van der Waals surface area contributed by atoms with Gasteiger partial charge in [-0.2, -0.15) is 0 Å². The van der Waals surface area contributed by atoms with E-state index < -0.39 is 61.1 Å². The van der Waals surface area contributed by atoms with Crippen LogP contribution < -0.4 is 21.7 Å². The minimum atomic E-state index is -1.40. The van der Waals surface area contributed by atoms with E-state index in [9.17, 15) is 34.5 Å². The molecule has 0 bridgehead atoms. The number of carbonyl (C=O) groups excluding carboxylic acids is 3. The predicted octanol–water partition coefficient (Wildman–Crippen LogP) is -2.42. The standard InChI is InChI=1S/C20H27N5O7/c1-10(27)17(21)19(30)25-15(9-26)18(29)23-8-16(28)24-14(20(31)32)6-11-7-22-13-5-3-2-4-12(11)13/h2-5,7,10,14-15,17,22,26-27H,6,8-9,21H2,1H3,(H,23,29)(H,24,28)(H,25,30)(H,31,32). The largest absolute Gasteiger partial charge is 0.480 e. The van der Waals surface area contributed by atoms with Gasteiger partial charge in [0.1, 0.15) is 18.1 Å². The number of carbonyl (C=O) groups is 4. The molecule has 0 radical (unpaired) electrons. The van der Waals surface area contributed by atoms with Crippen molar-refractivity contribution in [2.45, 2.75) is 37.6 Å². The van der Waals surface area contributed by atoms with Gasteiger partial charge >= 0.3 is 5.97 Å². The molecule has 3 amide bonds. The molecule has 0 fully saturated rings. The van der Waals surface area contributed by atoms with Gasteiger partial charge in [0.2, 0.25) is 17.7 Å². The van der Waals surface area contributed by atoms with Gasteiger partial charge in [-0.3, -0.25) is 14.4 Å². The van der Waals surface area contributed by atoms with E-state index >= 15 is 0 Å². The number of amides is 3. The second-order valence-corrected chi connectivity index (χ2v) is 7.25. The molecule has 0 saturated heterocycles. The molecule has 12 heteroatoms. The number of aromatic nitrogens is 1. The van der Waals surface area contributed by atoms with Crippen LogP contribution in [-0.2, 0) is 25.6 Å². The van der Waals surface area contributed by atoms with Gasteiger partial charge in [0.15, 0.2) is 0 Å². The average Bonchev–Trinajstić information content (AvgIpc) is 3.17. The molecule has 0 aliphatic rings. The topological polar surface area (TPSA) is 207 Å². The Morgan fingerprint density at radius 1 is 1.09 bits per heavy atom. The Kier molecular flexibility index (Phi) is 8.70. The third kappa shape index (κ3) is 6.51. The van der Waals surface area contributed by atoms with Crippen LogP contribution in [0.1, 0.15) is 12.5 Å². The van der Waals surface area contributed by atoms with E-state index in [0.29, 0.717) is 5.56 Å².